The summed E-state index contributed by atoms with van der Waals surface area (Å²) < 4.78 is 46.7. The van der Waals surface area contributed by atoms with E-state index in [0.29, 0.717) is 23.6 Å². The van der Waals surface area contributed by atoms with Crippen LogP contribution in [0.2, 0.25) is 0 Å². The first-order valence-electron chi connectivity index (χ1n) is 10.8. The Kier molecular flexibility index (Phi) is 6.39. The highest BCUT2D eigenvalue weighted by Crippen LogP contribution is 2.32. The zero-order valence-electron chi connectivity index (χ0n) is 19.3. The van der Waals surface area contributed by atoms with Crippen molar-refractivity contribution in [1.29, 1.82) is 0 Å². The van der Waals surface area contributed by atoms with Crippen molar-refractivity contribution in [3.05, 3.63) is 100 Å². The van der Waals surface area contributed by atoms with Crippen LogP contribution in [-0.2, 0) is 6.42 Å². The summed E-state index contributed by atoms with van der Waals surface area (Å²) in [6.45, 7) is 4.05. The van der Waals surface area contributed by atoms with Gasteiger partial charge in [0.05, 0.1) is 7.11 Å². The minimum absolute atomic E-state index is 0.126. The van der Waals surface area contributed by atoms with E-state index in [0.717, 1.165) is 17.5 Å². The molecule has 1 aliphatic rings. The number of carbonyl (C=O) groups excluding carboxylic acids is 2. The molecule has 8 heteroatoms. The molecule has 0 aliphatic carbocycles. The van der Waals surface area contributed by atoms with Gasteiger partial charge in [-0.25, -0.2) is 13.2 Å². The van der Waals surface area contributed by atoms with Gasteiger partial charge in [-0.2, -0.15) is 0 Å². The molecule has 35 heavy (non-hydrogen) atoms. The summed E-state index contributed by atoms with van der Waals surface area (Å²) in [7, 11) is 1.57. The van der Waals surface area contributed by atoms with Crippen LogP contribution in [0.1, 0.15) is 45.7 Å². The van der Waals surface area contributed by atoms with Gasteiger partial charge in [0.2, 0.25) is 0 Å². The van der Waals surface area contributed by atoms with Crippen molar-refractivity contribution in [3.63, 3.8) is 0 Å². The predicted molar refractivity (Wildman–Crippen MR) is 127 cm³/mol. The van der Waals surface area contributed by atoms with E-state index in [-0.39, 0.29) is 22.6 Å². The Labute approximate surface area is 200 Å². The Balaban J connectivity index is 1.63. The number of ketones is 1. The second-order valence-corrected chi connectivity index (χ2v) is 8.88. The fourth-order valence-electron chi connectivity index (χ4n) is 4.05. The van der Waals surface area contributed by atoms with E-state index in [9.17, 15) is 22.8 Å². The highest BCUT2D eigenvalue weighted by Gasteiger charge is 2.28. The molecular weight excluding hydrogens is 457 g/mol. The van der Waals surface area contributed by atoms with E-state index in [1.165, 1.54) is 24.3 Å². The first-order valence-corrected chi connectivity index (χ1v) is 10.8. The quantitative estimate of drug-likeness (QED) is 0.287. The molecule has 0 atom stereocenters. The smallest absolute Gasteiger partial charge is 0.261 e. The molecule has 2 N–H and O–H groups in total. The summed E-state index contributed by atoms with van der Waals surface area (Å²) >= 11 is 0. The van der Waals surface area contributed by atoms with Crippen molar-refractivity contribution in [1.82, 2.24) is 5.32 Å². The average Bonchev–Trinajstić information content (AvgIpc) is 2.81. The standard InChI is InChI=1S/C27H23F3N2O3/c1-27(2)14-16-7-8-18(35-3)12-19(16)22(32-27)13-23(33)15-5-4-6-17(11-15)31-26(34)24-20(28)9-10-21(29)25(24)30/h4-13,32H,14H2,1-3H3,(H,31,34)/b22-13-. The van der Waals surface area contributed by atoms with E-state index in [2.05, 4.69) is 10.6 Å². The van der Waals surface area contributed by atoms with Gasteiger partial charge in [0.1, 0.15) is 17.1 Å². The van der Waals surface area contributed by atoms with Crippen LogP contribution in [0, 0.1) is 17.5 Å². The number of anilines is 1. The van der Waals surface area contributed by atoms with E-state index in [4.69, 9.17) is 4.74 Å². The third-order valence-electron chi connectivity index (χ3n) is 5.66. The third-order valence-corrected chi connectivity index (χ3v) is 5.66. The van der Waals surface area contributed by atoms with E-state index in [1.807, 2.05) is 32.0 Å². The lowest BCUT2D eigenvalue weighted by Crippen LogP contribution is -2.43. The van der Waals surface area contributed by atoms with Gasteiger partial charge in [-0.3, -0.25) is 9.59 Å². The molecule has 0 unspecified atom stereocenters. The molecule has 0 saturated carbocycles. The molecule has 1 amide bonds. The van der Waals surface area contributed by atoms with E-state index in [1.54, 1.807) is 13.2 Å². The lowest BCUT2D eigenvalue weighted by Gasteiger charge is -2.35. The van der Waals surface area contributed by atoms with Crippen LogP contribution in [0.25, 0.3) is 5.70 Å². The Bertz CT molecular complexity index is 1370. The number of hydrogen-bond donors (Lipinski definition) is 2. The Morgan fingerprint density at radius 3 is 2.51 bits per heavy atom. The van der Waals surface area contributed by atoms with Crippen molar-refractivity contribution < 1.29 is 27.5 Å². The topological polar surface area (TPSA) is 67.4 Å². The molecule has 0 radical (unpaired) electrons. The van der Waals surface area contributed by atoms with Gasteiger partial charge >= 0.3 is 0 Å². The number of nitrogens with one attached hydrogen (secondary N) is 2. The first kappa shape index (κ1) is 24.1. The van der Waals surface area contributed by atoms with E-state index >= 15 is 0 Å². The second kappa shape index (κ2) is 9.29. The average molecular weight is 480 g/mol. The normalized spacial score (nSPS) is 15.2. The molecule has 3 aromatic carbocycles. The number of fused-ring (bicyclic) bond motifs is 1. The molecular formula is C27H23F3N2O3. The Morgan fingerprint density at radius 1 is 1.03 bits per heavy atom. The van der Waals surface area contributed by atoms with Crippen LogP contribution in [0.15, 0.2) is 60.7 Å². The number of benzene rings is 3. The number of methoxy groups -OCH3 is 1. The van der Waals surface area contributed by atoms with Crippen LogP contribution in [0.5, 0.6) is 5.75 Å². The summed E-state index contributed by atoms with van der Waals surface area (Å²) in [6.07, 6.45) is 2.22. The minimum Gasteiger partial charge on any atom is -0.497 e. The van der Waals surface area contributed by atoms with Gasteiger partial charge in [0, 0.05) is 34.1 Å². The van der Waals surface area contributed by atoms with Gasteiger partial charge in [0.25, 0.3) is 5.91 Å². The second-order valence-electron chi connectivity index (χ2n) is 8.88. The molecule has 1 aliphatic heterocycles. The number of rotatable bonds is 5. The predicted octanol–water partition coefficient (Wildman–Crippen LogP) is 5.51. The molecule has 0 fully saturated rings. The largest absolute Gasteiger partial charge is 0.497 e. The fourth-order valence-corrected chi connectivity index (χ4v) is 4.05. The van der Waals surface area contributed by atoms with E-state index < -0.39 is 28.9 Å². The van der Waals surface area contributed by atoms with Crippen LogP contribution in [0.4, 0.5) is 18.9 Å². The zero-order chi connectivity index (χ0) is 25.3. The fraction of sp³-hybridized carbons (Fsp3) is 0.185. The number of ether oxygens (including phenoxy) is 1. The maximum atomic E-state index is 14.0. The number of carbonyl (C=O) groups is 2. The SMILES string of the molecule is COc1ccc2c(c1)/C(=C/C(=O)c1cccc(NC(=O)c3c(F)ccc(F)c3F)c1)NC(C)(C)C2. The monoisotopic (exact) mass is 480 g/mol. The summed E-state index contributed by atoms with van der Waals surface area (Å²) in [5.74, 6) is -4.98. The molecule has 0 saturated heterocycles. The molecule has 1 heterocycles. The van der Waals surface area contributed by atoms with Gasteiger partial charge in [-0.05, 0) is 62.2 Å². The maximum absolute atomic E-state index is 14.0. The van der Waals surface area contributed by atoms with Crippen molar-refractivity contribution >= 4 is 23.1 Å². The molecule has 5 nitrogen and oxygen atoms in total. The lowest BCUT2D eigenvalue weighted by atomic mass is 9.85. The molecule has 3 aromatic rings. The highest BCUT2D eigenvalue weighted by atomic mass is 19.2. The van der Waals surface area contributed by atoms with Crippen molar-refractivity contribution in [2.24, 2.45) is 0 Å². The molecule has 180 valence electrons. The third kappa shape index (κ3) is 5.06. The minimum atomic E-state index is -1.58. The van der Waals surface area contributed by atoms with Gasteiger partial charge < -0.3 is 15.4 Å². The Hall–Kier alpha value is -4.07. The molecule has 4 rings (SSSR count). The van der Waals surface area contributed by atoms with Crippen LogP contribution < -0.4 is 15.4 Å². The number of hydrogen-bond acceptors (Lipinski definition) is 4. The van der Waals surface area contributed by atoms with Crippen LogP contribution in [-0.4, -0.2) is 24.3 Å². The summed E-state index contributed by atoms with van der Waals surface area (Å²) in [6, 6.07) is 12.9. The van der Waals surface area contributed by atoms with Gasteiger partial charge in [-0.15, -0.1) is 0 Å². The first-order chi connectivity index (χ1) is 16.6. The highest BCUT2D eigenvalue weighted by molar-refractivity contribution is 6.10. The summed E-state index contributed by atoms with van der Waals surface area (Å²) in [4.78, 5) is 25.5. The summed E-state index contributed by atoms with van der Waals surface area (Å²) in [5.41, 5.74) is 1.57. The number of halogens is 3. The molecule has 0 aromatic heterocycles. The Morgan fingerprint density at radius 2 is 1.77 bits per heavy atom. The van der Waals surface area contributed by atoms with Crippen molar-refractivity contribution in [2.45, 2.75) is 25.8 Å². The van der Waals surface area contributed by atoms with Crippen molar-refractivity contribution in [2.75, 3.05) is 12.4 Å². The number of allylic oxidation sites excluding steroid dienone is 1. The van der Waals surface area contributed by atoms with Crippen molar-refractivity contribution in [3.8, 4) is 5.75 Å². The summed E-state index contributed by atoms with van der Waals surface area (Å²) in [5, 5.41) is 5.70. The van der Waals surface area contributed by atoms with Gasteiger partial charge in [0.15, 0.2) is 17.4 Å². The molecule has 0 bridgehead atoms. The van der Waals surface area contributed by atoms with Crippen LogP contribution >= 0.6 is 0 Å². The lowest BCUT2D eigenvalue weighted by molar-refractivity contribution is 0.101. The number of amides is 1. The van der Waals surface area contributed by atoms with Crippen LogP contribution in [0.3, 0.4) is 0 Å². The molecule has 0 spiro atoms. The maximum Gasteiger partial charge on any atom is 0.261 e. The zero-order valence-corrected chi connectivity index (χ0v) is 19.3. The van der Waals surface area contributed by atoms with Gasteiger partial charge in [-0.1, -0.05) is 18.2 Å².